The van der Waals surface area contributed by atoms with E-state index in [4.69, 9.17) is 11.6 Å². The SMILES string of the molecule is O=C(c1ccccc1)c1cc2c(s1)S(=O)(=O)CCc1cc(=O)n(-c3ccc(Cl)cc3)nc1-2. The van der Waals surface area contributed by atoms with Crippen LogP contribution in [-0.4, -0.2) is 29.7 Å². The number of fused-ring (bicyclic) bond motifs is 3. The van der Waals surface area contributed by atoms with Crippen LogP contribution in [0.3, 0.4) is 0 Å². The molecule has 0 saturated heterocycles. The van der Waals surface area contributed by atoms with Crippen LogP contribution in [-0.2, 0) is 16.3 Å². The van der Waals surface area contributed by atoms with E-state index >= 15 is 0 Å². The fraction of sp³-hybridized carbons (Fsp3) is 0.0870. The molecule has 1 aliphatic rings. The largest absolute Gasteiger partial charge is 0.288 e. The van der Waals surface area contributed by atoms with Gasteiger partial charge in [0.15, 0.2) is 9.84 Å². The zero-order valence-electron chi connectivity index (χ0n) is 16.5. The number of halogens is 1. The zero-order chi connectivity index (χ0) is 22.5. The fourth-order valence-electron chi connectivity index (χ4n) is 3.63. The van der Waals surface area contributed by atoms with Gasteiger partial charge < -0.3 is 0 Å². The van der Waals surface area contributed by atoms with Crippen molar-refractivity contribution in [2.24, 2.45) is 0 Å². The van der Waals surface area contributed by atoms with Gasteiger partial charge in [0, 0.05) is 22.2 Å². The monoisotopic (exact) mass is 482 g/mol. The molecule has 0 saturated carbocycles. The normalized spacial score (nSPS) is 14.3. The first kappa shape index (κ1) is 20.8. The molecule has 5 rings (SSSR count). The first-order chi connectivity index (χ1) is 15.3. The van der Waals surface area contributed by atoms with E-state index in [2.05, 4.69) is 5.10 Å². The predicted molar refractivity (Wildman–Crippen MR) is 124 cm³/mol. The number of nitrogens with zero attached hydrogens (tertiary/aromatic N) is 2. The Morgan fingerprint density at radius 2 is 1.75 bits per heavy atom. The number of carbonyl (C=O) groups is 1. The van der Waals surface area contributed by atoms with Crippen molar-refractivity contribution < 1.29 is 13.2 Å². The Labute approximate surface area is 192 Å². The summed E-state index contributed by atoms with van der Waals surface area (Å²) in [5.74, 6) is -0.412. The van der Waals surface area contributed by atoms with Gasteiger partial charge in [-0.15, -0.1) is 11.3 Å². The summed E-state index contributed by atoms with van der Waals surface area (Å²) in [5, 5.41) is 5.04. The topological polar surface area (TPSA) is 86.1 Å². The number of aromatic nitrogens is 2. The smallest absolute Gasteiger partial charge is 0.271 e. The van der Waals surface area contributed by atoms with Gasteiger partial charge in [-0.25, -0.2) is 8.42 Å². The number of ketones is 1. The molecule has 2 aromatic heterocycles. The van der Waals surface area contributed by atoms with Gasteiger partial charge in [-0.3, -0.25) is 9.59 Å². The van der Waals surface area contributed by atoms with Crippen LogP contribution in [0.5, 0.6) is 0 Å². The molecule has 6 nitrogen and oxygen atoms in total. The van der Waals surface area contributed by atoms with Crippen molar-refractivity contribution in [3.8, 4) is 16.9 Å². The van der Waals surface area contributed by atoms with Gasteiger partial charge in [-0.2, -0.15) is 9.78 Å². The summed E-state index contributed by atoms with van der Waals surface area (Å²) in [6.07, 6.45) is 0.171. The molecule has 0 aliphatic carbocycles. The Kier molecular flexibility index (Phi) is 5.08. The number of aryl methyl sites for hydroxylation is 1. The summed E-state index contributed by atoms with van der Waals surface area (Å²) in [4.78, 5) is 26.0. The van der Waals surface area contributed by atoms with Crippen LogP contribution >= 0.6 is 22.9 Å². The molecular weight excluding hydrogens is 468 g/mol. The van der Waals surface area contributed by atoms with Crippen molar-refractivity contribution in [1.82, 2.24) is 9.78 Å². The van der Waals surface area contributed by atoms with Crippen LogP contribution in [0.15, 0.2) is 75.7 Å². The van der Waals surface area contributed by atoms with Crippen LogP contribution in [0.4, 0.5) is 0 Å². The molecule has 0 bridgehead atoms. The second kappa shape index (κ2) is 7.81. The molecule has 0 spiro atoms. The quantitative estimate of drug-likeness (QED) is 0.409. The van der Waals surface area contributed by atoms with Gasteiger partial charge in [-0.05, 0) is 42.3 Å². The lowest BCUT2D eigenvalue weighted by molar-refractivity contribution is 0.104. The number of benzene rings is 2. The Balaban J connectivity index is 1.71. The van der Waals surface area contributed by atoms with E-state index in [-0.39, 0.29) is 27.7 Å². The van der Waals surface area contributed by atoms with E-state index in [1.165, 1.54) is 10.7 Å². The predicted octanol–water partition coefficient (Wildman–Crippen LogP) is 4.18. The molecular formula is C23H15ClN2O4S2. The Morgan fingerprint density at radius 1 is 1.03 bits per heavy atom. The summed E-state index contributed by atoms with van der Waals surface area (Å²) < 4.78 is 27.3. The van der Waals surface area contributed by atoms with Crippen molar-refractivity contribution in [3.05, 3.63) is 98.1 Å². The van der Waals surface area contributed by atoms with Crippen LogP contribution in [0.25, 0.3) is 16.9 Å². The summed E-state index contributed by atoms with van der Waals surface area (Å²) >= 11 is 6.90. The fourth-order valence-corrected chi connectivity index (χ4v) is 6.80. The minimum atomic E-state index is -3.64. The molecule has 4 aromatic rings. The third-order valence-corrected chi connectivity index (χ3v) is 8.94. The maximum atomic E-state index is 13.0. The van der Waals surface area contributed by atoms with Crippen molar-refractivity contribution in [3.63, 3.8) is 0 Å². The number of hydrogen-bond donors (Lipinski definition) is 0. The van der Waals surface area contributed by atoms with Crippen molar-refractivity contribution in [2.75, 3.05) is 5.75 Å². The molecule has 32 heavy (non-hydrogen) atoms. The van der Waals surface area contributed by atoms with E-state index in [0.29, 0.717) is 38.0 Å². The first-order valence-corrected chi connectivity index (χ1v) is 12.5. The Bertz CT molecular complexity index is 1520. The van der Waals surface area contributed by atoms with Crippen molar-refractivity contribution >= 4 is 38.6 Å². The Hall–Kier alpha value is -3.07. The molecule has 160 valence electrons. The second-order valence-corrected chi connectivity index (χ2v) is 11.1. The summed E-state index contributed by atoms with van der Waals surface area (Å²) in [5.41, 5.74) is 1.89. The number of hydrogen-bond acceptors (Lipinski definition) is 6. The molecule has 0 unspecified atom stereocenters. The summed E-state index contributed by atoms with van der Waals surface area (Å²) in [6, 6.07) is 18.3. The van der Waals surface area contributed by atoms with Gasteiger partial charge in [-0.1, -0.05) is 41.9 Å². The van der Waals surface area contributed by atoms with Crippen LogP contribution in [0.2, 0.25) is 5.02 Å². The molecule has 1 aliphatic heterocycles. The van der Waals surface area contributed by atoms with E-state index in [1.807, 2.05) is 0 Å². The van der Waals surface area contributed by atoms with Crippen LogP contribution in [0, 0.1) is 0 Å². The van der Waals surface area contributed by atoms with Gasteiger partial charge in [0.25, 0.3) is 5.56 Å². The number of carbonyl (C=O) groups excluding carboxylic acids is 1. The number of thiophene rings is 1. The average Bonchev–Trinajstić information content (AvgIpc) is 3.21. The summed E-state index contributed by atoms with van der Waals surface area (Å²) in [7, 11) is -3.64. The van der Waals surface area contributed by atoms with Gasteiger partial charge in [0.05, 0.1) is 22.0 Å². The lowest BCUT2D eigenvalue weighted by Gasteiger charge is -2.10. The first-order valence-electron chi connectivity index (χ1n) is 9.69. The highest BCUT2D eigenvalue weighted by Crippen LogP contribution is 2.39. The molecule has 3 heterocycles. The minimum Gasteiger partial charge on any atom is -0.288 e. The third kappa shape index (κ3) is 3.60. The maximum absolute atomic E-state index is 13.0. The standard InChI is InChI=1S/C23H15ClN2O4S2/c24-16-6-8-17(9-7-16)26-20(27)12-15-10-11-32(29,30)23-18(21(15)25-26)13-19(31-23)22(28)14-4-2-1-3-5-14/h1-9,12-13H,10-11H2. The van der Waals surface area contributed by atoms with Gasteiger partial charge in [0.2, 0.25) is 5.78 Å². The number of rotatable bonds is 3. The van der Waals surface area contributed by atoms with Gasteiger partial charge in [0.1, 0.15) is 4.21 Å². The number of sulfone groups is 1. The Morgan fingerprint density at radius 3 is 2.47 bits per heavy atom. The van der Waals surface area contributed by atoms with Crippen LogP contribution < -0.4 is 5.56 Å². The van der Waals surface area contributed by atoms with Gasteiger partial charge >= 0.3 is 0 Å². The van der Waals surface area contributed by atoms with Crippen molar-refractivity contribution in [1.29, 1.82) is 0 Å². The highest BCUT2D eigenvalue weighted by Gasteiger charge is 2.31. The molecule has 9 heteroatoms. The van der Waals surface area contributed by atoms with E-state index in [1.54, 1.807) is 60.7 Å². The highest BCUT2D eigenvalue weighted by atomic mass is 35.5. The van der Waals surface area contributed by atoms with E-state index in [9.17, 15) is 18.0 Å². The minimum absolute atomic E-state index is 0.101. The second-order valence-electron chi connectivity index (χ2n) is 7.32. The molecule has 0 amide bonds. The molecule has 2 aromatic carbocycles. The third-order valence-electron chi connectivity index (χ3n) is 5.22. The zero-order valence-corrected chi connectivity index (χ0v) is 18.9. The van der Waals surface area contributed by atoms with E-state index < -0.39 is 9.84 Å². The highest BCUT2D eigenvalue weighted by molar-refractivity contribution is 7.93. The average molecular weight is 483 g/mol. The van der Waals surface area contributed by atoms with Crippen LogP contribution in [0.1, 0.15) is 20.8 Å². The summed E-state index contributed by atoms with van der Waals surface area (Å²) in [6.45, 7) is 0. The molecule has 0 fully saturated rings. The lowest BCUT2D eigenvalue weighted by atomic mass is 10.1. The lowest BCUT2D eigenvalue weighted by Crippen LogP contribution is -2.22. The molecule has 0 atom stereocenters. The molecule has 0 radical (unpaired) electrons. The maximum Gasteiger partial charge on any atom is 0.271 e. The van der Waals surface area contributed by atoms with E-state index in [0.717, 1.165) is 11.3 Å². The molecule has 0 N–H and O–H groups in total. The van der Waals surface area contributed by atoms with Crippen molar-refractivity contribution in [2.45, 2.75) is 10.6 Å².